The van der Waals surface area contributed by atoms with Crippen LogP contribution in [0.2, 0.25) is 0 Å². The molecule has 0 spiro atoms. The summed E-state index contributed by atoms with van der Waals surface area (Å²) in [6.07, 6.45) is 2.59. The molecule has 7 heteroatoms. The van der Waals surface area contributed by atoms with Crippen LogP contribution in [-0.4, -0.2) is 32.5 Å². The lowest BCUT2D eigenvalue weighted by Gasteiger charge is -2.29. The number of methoxy groups -OCH3 is 1. The van der Waals surface area contributed by atoms with Crippen molar-refractivity contribution in [3.05, 3.63) is 34.9 Å². The maximum absolute atomic E-state index is 15.0. The first-order chi connectivity index (χ1) is 13.0. The Labute approximate surface area is 174 Å². The van der Waals surface area contributed by atoms with Gasteiger partial charge in [-0.25, -0.2) is 4.39 Å². The van der Waals surface area contributed by atoms with E-state index in [1.54, 1.807) is 7.11 Å². The smallest absolute Gasteiger partial charge is 0.374 e. The molecule has 1 rings (SSSR count). The van der Waals surface area contributed by atoms with Crippen LogP contribution < -0.4 is 4.74 Å². The zero-order valence-electron chi connectivity index (χ0n) is 19.2. The van der Waals surface area contributed by atoms with Crippen molar-refractivity contribution in [1.82, 2.24) is 0 Å². The van der Waals surface area contributed by atoms with E-state index in [-0.39, 0.29) is 10.8 Å². The molecule has 0 bridgehead atoms. The summed E-state index contributed by atoms with van der Waals surface area (Å²) in [5.41, 5.74) is 2.24. The van der Waals surface area contributed by atoms with Gasteiger partial charge in [-0.15, -0.1) is 0 Å². The number of benzene rings is 1. The lowest BCUT2D eigenvalue weighted by molar-refractivity contribution is -0.121. The molecule has 164 valence electrons. The predicted molar refractivity (Wildman–Crippen MR) is 116 cm³/mol. The van der Waals surface area contributed by atoms with Crippen molar-refractivity contribution in [2.45, 2.75) is 64.7 Å². The third kappa shape index (κ3) is 5.36. The summed E-state index contributed by atoms with van der Waals surface area (Å²) in [5, 5.41) is -2.79. The Bertz CT molecular complexity index is 786. The molecule has 1 aromatic rings. The Morgan fingerprint density at radius 3 is 1.66 bits per heavy atom. The number of ketones is 1. The fraction of sp³-hybridized carbons (Fsp3) is 0.591. The Hall–Kier alpha value is -1.49. The molecular weight excluding hydrogens is 394 g/mol. The van der Waals surface area contributed by atoms with Crippen molar-refractivity contribution in [2.24, 2.45) is 0 Å². The van der Waals surface area contributed by atoms with Gasteiger partial charge in [0.2, 0.25) is 5.78 Å². The Morgan fingerprint density at radius 2 is 1.34 bits per heavy atom. The fourth-order valence-corrected chi connectivity index (χ4v) is 4.14. The lowest BCUT2D eigenvalue weighted by Crippen LogP contribution is -2.29. The van der Waals surface area contributed by atoms with Crippen LogP contribution in [0.15, 0.2) is 18.2 Å². The second-order valence-electron chi connectivity index (χ2n) is 9.16. The monoisotopic (exact) mass is 428 g/mol. The highest BCUT2D eigenvalue weighted by Gasteiger charge is 2.52. The van der Waals surface area contributed by atoms with E-state index in [1.165, 1.54) is 6.08 Å². The largest absolute Gasteiger partial charge is 0.496 e. The van der Waals surface area contributed by atoms with Gasteiger partial charge in [0, 0.05) is 25.3 Å². The minimum atomic E-state index is -4.23. The van der Waals surface area contributed by atoms with Crippen LogP contribution in [-0.2, 0) is 29.2 Å². The lowest BCUT2D eigenvalue weighted by atomic mass is 9.78. The molecule has 0 aliphatic heterocycles. The summed E-state index contributed by atoms with van der Waals surface area (Å²) in [4.78, 5) is 12.5. The van der Waals surface area contributed by atoms with E-state index in [9.17, 15) is 13.8 Å². The molecule has 0 saturated carbocycles. The second-order valence-corrected chi connectivity index (χ2v) is 11.7. The average Bonchev–Trinajstić information content (AvgIpc) is 2.62. The summed E-state index contributed by atoms with van der Waals surface area (Å²) in [5.74, 6) is -0.193. The third-order valence-electron chi connectivity index (χ3n) is 4.80. The van der Waals surface area contributed by atoms with Gasteiger partial charge < -0.3 is 13.8 Å². The van der Waals surface area contributed by atoms with Crippen molar-refractivity contribution in [3.63, 3.8) is 0 Å². The van der Waals surface area contributed by atoms with Crippen molar-refractivity contribution >= 4 is 19.5 Å². The zero-order valence-corrected chi connectivity index (χ0v) is 20.1. The van der Waals surface area contributed by atoms with Gasteiger partial charge >= 0.3 is 7.60 Å². The number of ether oxygens (including phenoxy) is 1. The molecule has 0 radical (unpaired) electrons. The number of rotatable bonds is 7. The first-order valence-electron chi connectivity index (χ1n) is 9.41. The highest BCUT2D eigenvalue weighted by Crippen LogP contribution is 2.60. The van der Waals surface area contributed by atoms with Crippen molar-refractivity contribution in [1.29, 1.82) is 0 Å². The van der Waals surface area contributed by atoms with Crippen LogP contribution in [0.5, 0.6) is 5.75 Å². The molecule has 0 aromatic heterocycles. The number of allylic oxidation sites excluding steroid dienone is 1. The van der Waals surface area contributed by atoms with E-state index in [4.69, 9.17) is 4.74 Å². The number of alkyl halides is 1. The van der Waals surface area contributed by atoms with Gasteiger partial charge in [-0.1, -0.05) is 47.6 Å². The van der Waals surface area contributed by atoms with Crippen LogP contribution >= 0.6 is 7.60 Å². The van der Waals surface area contributed by atoms with Gasteiger partial charge in [0.15, 0.2) is 0 Å². The first-order valence-corrected chi connectivity index (χ1v) is 11.0. The molecule has 0 aliphatic rings. The Balaban J connectivity index is 3.53. The van der Waals surface area contributed by atoms with E-state index >= 15 is 0 Å². The van der Waals surface area contributed by atoms with Gasteiger partial charge in [-0.05, 0) is 41.5 Å². The van der Waals surface area contributed by atoms with Crippen LogP contribution in [0.1, 0.15) is 65.2 Å². The number of carbonyl (C=O) groups excluding carboxylic acids is 1. The minimum Gasteiger partial charge on any atom is -0.496 e. The molecule has 0 saturated heterocycles. The molecule has 29 heavy (non-hydrogen) atoms. The molecular formula is C22H34FO5P. The summed E-state index contributed by atoms with van der Waals surface area (Å²) >= 11 is 0. The first kappa shape index (κ1) is 25.5. The number of halogens is 1. The van der Waals surface area contributed by atoms with Gasteiger partial charge in [-0.3, -0.25) is 9.36 Å². The van der Waals surface area contributed by atoms with Gasteiger partial charge in [-0.2, -0.15) is 0 Å². The van der Waals surface area contributed by atoms with E-state index < -0.39 is 18.8 Å². The summed E-state index contributed by atoms with van der Waals surface area (Å²) in [6, 6.07) is 3.83. The van der Waals surface area contributed by atoms with Crippen LogP contribution in [0, 0.1) is 0 Å². The fourth-order valence-electron chi connectivity index (χ4n) is 2.96. The summed E-state index contributed by atoms with van der Waals surface area (Å²) in [7, 11) is -0.496. The Morgan fingerprint density at radius 1 is 0.931 bits per heavy atom. The van der Waals surface area contributed by atoms with Crippen molar-refractivity contribution in [3.8, 4) is 5.75 Å². The highest BCUT2D eigenvalue weighted by molar-refractivity contribution is 7.56. The van der Waals surface area contributed by atoms with E-state index in [0.717, 1.165) is 49.7 Å². The van der Waals surface area contributed by atoms with Gasteiger partial charge in [0.05, 0.1) is 7.11 Å². The minimum absolute atomic E-state index is 0.213. The second kappa shape index (κ2) is 8.71. The average molecular weight is 428 g/mol. The molecule has 1 atom stereocenters. The molecule has 0 heterocycles. The molecule has 5 nitrogen and oxygen atoms in total. The van der Waals surface area contributed by atoms with Gasteiger partial charge in [0.1, 0.15) is 5.75 Å². The van der Waals surface area contributed by atoms with E-state index in [2.05, 4.69) is 50.6 Å². The van der Waals surface area contributed by atoms with Crippen LogP contribution in [0.3, 0.4) is 0 Å². The number of hydrogen-bond acceptors (Lipinski definition) is 5. The molecule has 0 fully saturated rings. The maximum atomic E-state index is 15.0. The predicted octanol–water partition coefficient (Wildman–Crippen LogP) is 6.04. The van der Waals surface area contributed by atoms with Crippen LogP contribution in [0.25, 0.3) is 6.08 Å². The molecule has 0 aliphatic carbocycles. The van der Waals surface area contributed by atoms with Crippen LogP contribution in [0.4, 0.5) is 4.39 Å². The number of carbonyl (C=O) groups is 1. The maximum Gasteiger partial charge on any atom is 0.374 e. The molecule has 0 N–H and O–H groups in total. The highest BCUT2D eigenvalue weighted by atomic mass is 31.2. The summed E-state index contributed by atoms with van der Waals surface area (Å²) in [6.45, 7) is 13.3. The third-order valence-corrected chi connectivity index (χ3v) is 7.01. The van der Waals surface area contributed by atoms with E-state index in [0.29, 0.717) is 0 Å². The SMILES string of the molecule is COc1c(C(C)(C)C)cc(C=CC(=O)C(C)(F)P(=O)(OC)OC)cc1C(C)(C)C. The van der Waals surface area contributed by atoms with Crippen molar-refractivity contribution < 1.29 is 27.5 Å². The Kier molecular flexibility index (Phi) is 7.67. The zero-order chi connectivity index (χ0) is 22.8. The molecule has 1 unspecified atom stereocenters. The topological polar surface area (TPSA) is 61.8 Å². The van der Waals surface area contributed by atoms with Crippen molar-refractivity contribution in [2.75, 3.05) is 21.3 Å². The summed E-state index contributed by atoms with van der Waals surface area (Å²) < 4.78 is 42.4. The van der Waals surface area contributed by atoms with Gasteiger partial charge in [0.25, 0.3) is 5.41 Å². The van der Waals surface area contributed by atoms with E-state index in [1.807, 2.05) is 12.1 Å². The standard InChI is InChI=1S/C22H34FO5P/c1-20(2,3)16-13-15(14-17(19(16)26-8)21(4,5)6)11-12-18(24)22(7,23)29(25,27-9)28-10/h11-14H,1-10H3. The quantitative estimate of drug-likeness (QED) is 0.391. The number of hydrogen-bond donors (Lipinski definition) is 0. The molecule has 0 amide bonds. The molecule has 1 aromatic carbocycles. The normalized spacial score (nSPS) is 15.4.